The summed E-state index contributed by atoms with van der Waals surface area (Å²) in [6.07, 6.45) is 0. The van der Waals surface area contributed by atoms with E-state index in [0.29, 0.717) is 24.7 Å². The Kier molecular flexibility index (Phi) is 5.59. The molecule has 4 N–H and O–H groups in total. The summed E-state index contributed by atoms with van der Waals surface area (Å²) in [5, 5.41) is 6.35. The second-order valence-corrected chi connectivity index (χ2v) is 4.53. The molecule has 6 heteroatoms. The summed E-state index contributed by atoms with van der Waals surface area (Å²) < 4.78 is 0.955. The van der Waals surface area contributed by atoms with Gasteiger partial charge in [0, 0.05) is 29.1 Å². The normalized spacial score (nSPS) is 10.1. The zero-order valence-electron chi connectivity index (χ0n) is 8.59. The summed E-state index contributed by atoms with van der Waals surface area (Å²) in [7, 11) is 0. The summed E-state index contributed by atoms with van der Waals surface area (Å²) in [5.41, 5.74) is 5.94. The highest BCUT2D eigenvalue weighted by Crippen LogP contribution is 2.20. The topological polar surface area (TPSA) is 67.2 Å². The van der Waals surface area contributed by atoms with Gasteiger partial charge in [0.2, 0.25) is 0 Å². The molecular formula is C10H13BrClN3O. The number of carbonyl (C=O) groups excluding carboxylic acids is 1. The molecule has 0 radical (unpaired) electrons. The summed E-state index contributed by atoms with van der Waals surface area (Å²) >= 11 is 9.37. The van der Waals surface area contributed by atoms with Gasteiger partial charge in [0.1, 0.15) is 0 Å². The molecule has 1 aromatic rings. The quantitative estimate of drug-likeness (QED) is 0.727. The number of hydrogen-bond acceptors (Lipinski definition) is 2. The van der Waals surface area contributed by atoms with E-state index in [-0.39, 0.29) is 0 Å². The Morgan fingerprint density at radius 2 is 2.19 bits per heavy atom. The molecule has 0 saturated carbocycles. The van der Waals surface area contributed by atoms with Crippen molar-refractivity contribution in [1.29, 1.82) is 0 Å². The SMILES string of the molecule is NC(=O)NCCNCc1ccc(Br)cc1Cl. The second-order valence-electron chi connectivity index (χ2n) is 3.20. The molecule has 0 aliphatic rings. The fourth-order valence-corrected chi connectivity index (χ4v) is 1.90. The molecule has 0 atom stereocenters. The third-order valence-corrected chi connectivity index (χ3v) is 2.78. The maximum atomic E-state index is 10.4. The number of carbonyl (C=O) groups is 1. The third-order valence-electron chi connectivity index (χ3n) is 1.93. The van der Waals surface area contributed by atoms with E-state index in [4.69, 9.17) is 17.3 Å². The van der Waals surface area contributed by atoms with Crippen LogP contribution in [-0.2, 0) is 6.54 Å². The van der Waals surface area contributed by atoms with E-state index >= 15 is 0 Å². The summed E-state index contributed by atoms with van der Waals surface area (Å²) in [5.74, 6) is 0. The van der Waals surface area contributed by atoms with Gasteiger partial charge in [0.25, 0.3) is 0 Å². The van der Waals surface area contributed by atoms with Crippen molar-refractivity contribution in [2.45, 2.75) is 6.54 Å². The fraction of sp³-hybridized carbons (Fsp3) is 0.300. The predicted octanol–water partition coefficient (Wildman–Crippen LogP) is 1.86. The highest BCUT2D eigenvalue weighted by atomic mass is 79.9. The molecule has 0 bridgehead atoms. The van der Waals surface area contributed by atoms with E-state index in [2.05, 4.69) is 26.6 Å². The number of rotatable bonds is 5. The lowest BCUT2D eigenvalue weighted by molar-refractivity contribution is 0.249. The lowest BCUT2D eigenvalue weighted by atomic mass is 10.2. The molecule has 0 aromatic heterocycles. The monoisotopic (exact) mass is 305 g/mol. The lowest BCUT2D eigenvalue weighted by Crippen LogP contribution is -2.35. The van der Waals surface area contributed by atoms with Crippen molar-refractivity contribution in [2.75, 3.05) is 13.1 Å². The van der Waals surface area contributed by atoms with Crippen LogP contribution >= 0.6 is 27.5 Å². The Labute approximate surface area is 108 Å². The van der Waals surface area contributed by atoms with E-state index in [0.717, 1.165) is 10.0 Å². The van der Waals surface area contributed by atoms with Crippen LogP contribution in [0.3, 0.4) is 0 Å². The summed E-state index contributed by atoms with van der Waals surface area (Å²) in [4.78, 5) is 10.4. The number of amides is 2. The van der Waals surface area contributed by atoms with Crippen molar-refractivity contribution in [2.24, 2.45) is 5.73 Å². The van der Waals surface area contributed by atoms with Gasteiger partial charge in [-0.1, -0.05) is 33.6 Å². The molecule has 16 heavy (non-hydrogen) atoms. The number of primary amides is 1. The van der Waals surface area contributed by atoms with Crippen molar-refractivity contribution in [3.8, 4) is 0 Å². The van der Waals surface area contributed by atoms with E-state index < -0.39 is 6.03 Å². The first kappa shape index (κ1) is 13.3. The highest BCUT2D eigenvalue weighted by molar-refractivity contribution is 9.10. The van der Waals surface area contributed by atoms with Gasteiger partial charge in [0.15, 0.2) is 0 Å². The lowest BCUT2D eigenvalue weighted by Gasteiger charge is -2.07. The summed E-state index contributed by atoms with van der Waals surface area (Å²) in [6.45, 7) is 1.81. The van der Waals surface area contributed by atoms with Crippen LogP contribution in [0.4, 0.5) is 4.79 Å². The van der Waals surface area contributed by atoms with Crippen LogP contribution in [0.25, 0.3) is 0 Å². The van der Waals surface area contributed by atoms with E-state index in [9.17, 15) is 4.79 Å². The molecule has 0 aliphatic heterocycles. The van der Waals surface area contributed by atoms with E-state index in [1.54, 1.807) is 0 Å². The number of halogens is 2. The second kappa shape index (κ2) is 6.73. The minimum absolute atomic E-state index is 0.503. The van der Waals surface area contributed by atoms with Gasteiger partial charge in [-0.05, 0) is 17.7 Å². The molecule has 0 heterocycles. The number of benzene rings is 1. The molecule has 1 rings (SSSR count). The first-order valence-corrected chi connectivity index (χ1v) is 5.94. The smallest absolute Gasteiger partial charge is 0.312 e. The molecule has 0 saturated heterocycles. The van der Waals surface area contributed by atoms with Crippen molar-refractivity contribution in [3.05, 3.63) is 33.3 Å². The number of nitrogens with two attached hydrogens (primary N) is 1. The summed E-state index contributed by atoms with van der Waals surface area (Å²) in [6, 6.07) is 5.22. The first-order valence-electron chi connectivity index (χ1n) is 4.77. The zero-order valence-corrected chi connectivity index (χ0v) is 10.9. The van der Waals surface area contributed by atoms with Gasteiger partial charge >= 0.3 is 6.03 Å². The van der Waals surface area contributed by atoms with Crippen molar-refractivity contribution in [3.63, 3.8) is 0 Å². The maximum Gasteiger partial charge on any atom is 0.312 e. The fourth-order valence-electron chi connectivity index (χ4n) is 1.16. The predicted molar refractivity (Wildman–Crippen MR) is 68.4 cm³/mol. The Morgan fingerprint density at radius 1 is 1.44 bits per heavy atom. The highest BCUT2D eigenvalue weighted by Gasteiger charge is 2.00. The maximum absolute atomic E-state index is 10.4. The Hall–Kier alpha value is -0.780. The van der Waals surface area contributed by atoms with Crippen LogP contribution in [0.2, 0.25) is 5.02 Å². The molecule has 0 fully saturated rings. The van der Waals surface area contributed by atoms with Crippen molar-refractivity contribution in [1.82, 2.24) is 10.6 Å². The Bertz CT molecular complexity index is 373. The molecule has 0 aliphatic carbocycles. The first-order chi connectivity index (χ1) is 7.59. The third kappa shape index (κ3) is 4.83. The molecule has 0 unspecified atom stereocenters. The molecule has 1 aromatic carbocycles. The van der Waals surface area contributed by atoms with Gasteiger partial charge in [-0.15, -0.1) is 0 Å². The van der Waals surface area contributed by atoms with Crippen LogP contribution in [0.1, 0.15) is 5.56 Å². The number of nitrogens with one attached hydrogen (secondary N) is 2. The zero-order chi connectivity index (χ0) is 12.0. The van der Waals surface area contributed by atoms with Gasteiger partial charge in [0.05, 0.1) is 0 Å². The molecule has 2 amide bonds. The largest absolute Gasteiger partial charge is 0.352 e. The number of urea groups is 1. The van der Waals surface area contributed by atoms with E-state index in [1.807, 2.05) is 18.2 Å². The van der Waals surface area contributed by atoms with Crippen LogP contribution in [-0.4, -0.2) is 19.1 Å². The van der Waals surface area contributed by atoms with E-state index in [1.165, 1.54) is 0 Å². The molecule has 88 valence electrons. The number of hydrogen-bond donors (Lipinski definition) is 3. The molecule has 4 nitrogen and oxygen atoms in total. The Morgan fingerprint density at radius 3 is 2.81 bits per heavy atom. The minimum atomic E-state index is -0.511. The van der Waals surface area contributed by atoms with Crippen LogP contribution in [0, 0.1) is 0 Å². The average molecular weight is 307 g/mol. The minimum Gasteiger partial charge on any atom is -0.352 e. The Balaban J connectivity index is 2.29. The van der Waals surface area contributed by atoms with Crippen molar-refractivity contribution < 1.29 is 4.79 Å². The van der Waals surface area contributed by atoms with Gasteiger partial charge in [-0.2, -0.15) is 0 Å². The molecular weight excluding hydrogens is 293 g/mol. The van der Waals surface area contributed by atoms with Crippen LogP contribution < -0.4 is 16.4 Å². The average Bonchev–Trinajstić information content (AvgIpc) is 2.20. The van der Waals surface area contributed by atoms with Crippen LogP contribution in [0.5, 0.6) is 0 Å². The van der Waals surface area contributed by atoms with Crippen molar-refractivity contribution >= 4 is 33.6 Å². The molecule has 0 spiro atoms. The van der Waals surface area contributed by atoms with Gasteiger partial charge < -0.3 is 16.4 Å². The van der Waals surface area contributed by atoms with Crippen LogP contribution in [0.15, 0.2) is 22.7 Å². The van der Waals surface area contributed by atoms with Gasteiger partial charge in [-0.25, -0.2) is 4.79 Å². The standard InChI is InChI=1S/C10H13BrClN3O/c11-8-2-1-7(9(12)5-8)6-14-3-4-15-10(13)16/h1-2,5,14H,3-4,6H2,(H3,13,15,16). The van der Waals surface area contributed by atoms with Gasteiger partial charge in [-0.3, -0.25) is 0 Å².